The van der Waals surface area contributed by atoms with E-state index in [1.54, 1.807) is 16.7 Å². The second-order valence-corrected chi connectivity index (χ2v) is 12.7. The van der Waals surface area contributed by atoms with Crippen LogP contribution in [0.4, 0.5) is 0 Å². The lowest BCUT2D eigenvalue weighted by molar-refractivity contribution is -0.296. The molecule has 202 valence electrons. The summed E-state index contributed by atoms with van der Waals surface area (Å²) in [5, 5.41) is 11.0. The Bertz CT molecular complexity index is 1060. The molecule has 1 spiro atoms. The molecule has 2 unspecified atom stereocenters. The topological polar surface area (TPSA) is 59.0 Å². The summed E-state index contributed by atoms with van der Waals surface area (Å²) >= 11 is 1.72. The van der Waals surface area contributed by atoms with Gasteiger partial charge in [-0.1, -0.05) is 56.3 Å². The summed E-state index contributed by atoms with van der Waals surface area (Å²) in [5.74, 6) is -0.412. The standard InChI is InChI=1S/C31H43NO4S/c1-21-16-25(12-13-27(21)37-6)26(17-23-14-15-31(18-23)35-19-30(3,4)20-36-31)29(34)32(5)22(2)28(33)24-10-8-7-9-11-24/h7-13,16,22-23,26,28,33H,14-15,17-20H2,1-6H3/t22-,23?,26?,28+/m1/s1. The Morgan fingerprint density at radius 2 is 1.81 bits per heavy atom. The van der Waals surface area contributed by atoms with Crippen molar-refractivity contribution in [1.82, 2.24) is 4.90 Å². The van der Waals surface area contributed by atoms with Crippen molar-refractivity contribution in [2.75, 3.05) is 26.5 Å². The molecule has 1 amide bonds. The lowest BCUT2D eigenvalue weighted by Crippen LogP contribution is -2.46. The maximum atomic E-state index is 14.1. The third kappa shape index (κ3) is 6.42. The van der Waals surface area contributed by atoms with Crippen LogP contribution in [0.25, 0.3) is 0 Å². The molecule has 2 aromatic rings. The van der Waals surface area contributed by atoms with Gasteiger partial charge in [-0.05, 0) is 61.6 Å². The van der Waals surface area contributed by atoms with Gasteiger partial charge in [0.05, 0.1) is 31.3 Å². The number of aryl methyl sites for hydroxylation is 1. The summed E-state index contributed by atoms with van der Waals surface area (Å²) < 4.78 is 12.6. The highest BCUT2D eigenvalue weighted by atomic mass is 32.2. The maximum absolute atomic E-state index is 14.1. The number of ether oxygens (including phenoxy) is 2. The van der Waals surface area contributed by atoms with Gasteiger partial charge in [0.1, 0.15) is 0 Å². The SMILES string of the molecule is CSc1ccc(C(CC2CCC3(C2)OCC(C)(C)CO3)C(=O)N(C)[C@H](C)[C@H](O)c2ccccc2)cc1C. The van der Waals surface area contributed by atoms with E-state index in [-0.39, 0.29) is 23.3 Å². The highest BCUT2D eigenvalue weighted by Gasteiger charge is 2.47. The molecule has 1 aliphatic carbocycles. The minimum absolute atomic E-state index is 0.0385. The molecule has 2 fully saturated rings. The van der Waals surface area contributed by atoms with Crippen LogP contribution in [-0.2, 0) is 14.3 Å². The molecular formula is C31H43NO4S. The summed E-state index contributed by atoms with van der Waals surface area (Å²) in [6, 6.07) is 15.6. The second-order valence-electron chi connectivity index (χ2n) is 11.8. The van der Waals surface area contributed by atoms with Gasteiger partial charge in [0.15, 0.2) is 5.79 Å². The van der Waals surface area contributed by atoms with Crippen LogP contribution in [0.2, 0.25) is 0 Å². The highest BCUT2D eigenvalue weighted by molar-refractivity contribution is 7.98. The summed E-state index contributed by atoms with van der Waals surface area (Å²) in [7, 11) is 1.82. The fourth-order valence-electron chi connectivity index (χ4n) is 5.69. The summed E-state index contributed by atoms with van der Waals surface area (Å²) in [6.45, 7) is 9.78. The van der Waals surface area contributed by atoms with E-state index in [9.17, 15) is 9.90 Å². The minimum Gasteiger partial charge on any atom is -0.386 e. The van der Waals surface area contributed by atoms with Crippen LogP contribution in [-0.4, -0.2) is 54.3 Å². The van der Waals surface area contributed by atoms with Gasteiger partial charge in [-0.15, -0.1) is 11.8 Å². The first-order chi connectivity index (χ1) is 17.5. The van der Waals surface area contributed by atoms with E-state index >= 15 is 0 Å². The monoisotopic (exact) mass is 525 g/mol. The van der Waals surface area contributed by atoms with E-state index in [4.69, 9.17) is 9.47 Å². The van der Waals surface area contributed by atoms with Gasteiger partial charge in [-0.2, -0.15) is 0 Å². The normalized spacial score (nSPS) is 22.9. The van der Waals surface area contributed by atoms with Crippen molar-refractivity contribution in [3.63, 3.8) is 0 Å². The average Bonchev–Trinajstić information content (AvgIpc) is 3.30. The van der Waals surface area contributed by atoms with Crippen molar-refractivity contribution in [3.8, 4) is 0 Å². The molecule has 0 aromatic heterocycles. The maximum Gasteiger partial charge on any atom is 0.230 e. The number of amides is 1. The number of nitrogens with zero attached hydrogens (tertiary/aromatic N) is 1. The fourth-order valence-corrected chi connectivity index (χ4v) is 6.27. The number of hydrogen-bond donors (Lipinski definition) is 1. The van der Waals surface area contributed by atoms with Gasteiger partial charge in [-0.25, -0.2) is 0 Å². The number of likely N-dealkylation sites (N-methyl/N-ethyl adjacent to an activating group) is 1. The first kappa shape index (κ1) is 28.2. The van der Waals surface area contributed by atoms with E-state index in [1.165, 1.54) is 10.5 Å². The zero-order valence-corrected chi connectivity index (χ0v) is 24.0. The number of rotatable bonds is 8. The van der Waals surface area contributed by atoms with Crippen LogP contribution in [0, 0.1) is 18.3 Å². The average molecular weight is 526 g/mol. The molecule has 1 saturated carbocycles. The largest absolute Gasteiger partial charge is 0.386 e. The Kier molecular flexibility index (Phi) is 8.74. The molecule has 2 aliphatic rings. The lowest BCUT2D eigenvalue weighted by atomic mass is 9.85. The molecule has 4 rings (SSSR count). The number of hydrogen-bond acceptors (Lipinski definition) is 5. The molecule has 1 aliphatic heterocycles. The third-order valence-corrected chi connectivity index (χ3v) is 9.13. The number of carbonyl (C=O) groups is 1. The van der Waals surface area contributed by atoms with Crippen molar-refractivity contribution >= 4 is 17.7 Å². The van der Waals surface area contributed by atoms with E-state index in [1.807, 2.05) is 44.3 Å². The van der Waals surface area contributed by atoms with Crippen molar-refractivity contribution in [2.24, 2.45) is 11.3 Å². The van der Waals surface area contributed by atoms with Gasteiger partial charge in [0.25, 0.3) is 0 Å². The van der Waals surface area contributed by atoms with Crippen molar-refractivity contribution in [1.29, 1.82) is 0 Å². The van der Waals surface area contributed by atoms with E-state index < -0.39 is 11.9 Å². The lowest BCUT2D eigenvalue weighted by Gasteiger charge is -2.41. The first-order valence-corrected chi connectivity index (χ1v) is 14.7. The first-order valence-electron chi connectivity index (χ1n) is 13.5. The summed E-state index contributed by atoms with van der Waals surface area (Å²) in [6.07, 6.45) is 4.75. The van der Waals surface area contributed by atoms with E-state index in [0.717, 1.165) is 36.8 Å². The molecule has 1 saturated heterocycles. The molecule has 2 aromatic carbocycles. The van der Waals surface area contributed by atoms with Gasteiger partial charge in [0.2, 0.25) is 5.91 Å². The number of carbonyl (C=O) groups excluding carboxylic acids is 1. The highest BCUT2D eigenvalue weighted by Crippen LogP contribution is 2.46. The molecule has 0 bridgehead atoms. The molecule has 6 heteroatoms. The smallest absolute Gasteiger partial charge is 0.230 e. The van der Waals surface area contributed by atoms with Crippen molar-refractivity contribution in [3.05, 3.63) is 65.2 Å². The van der Waals surface area contributed by atoms with Gasteiger partial charge in [0, 0.05) is 30.2 Å². The molecule has 37 heavy (non-hydrogen) atoms. The van der Waals surface area contributed by atoms with E-state index in [2.05, 4.69) is 45.2 Å². The second kappa shape index (κ2) is 11.5. The van der Waals surface area contributed by atoms with Crippen LogP contribution in [0.3, 0.4) is 0 Å². The molecule has 0 radical (unpaired) electrons. The van der Waals surface area contributed by atoms with Crippen molar-refractivity contribution in [2.45, 2.75) is 82.1 Å². The summed E-state index contributed by atoms with van der Waals surface area (Å²) in [4.78, 5) is 17.0. The van der Waals surface area contributed by atoms with Crippen molar-refractivity contribution < 1.29 is 19.4 Å². The fraction of sp³-hybridized carbons (Fsp3) is 0.581. The Hall–Kier alpha value is -1.86. The summed E-state index contributed by atoms with van der Waals surface area (Å²) in [5.41, 5.74) is 3.09. The number of thioether (sulfide) groups is 1. The number of benzene rings is 2. The minimum atomic E-state index is -0.751. The van der Waals surface area contributed by atoms with Crippen LogP contribution in [0.15, 0.2) is 53.4 Å². The van der Waals surface area contributed by atoms with Gasteiger partial charge >= 0.3 is 0 Å². The van der Waals surface area contributed by atoms with Crippen LogP contribution >= 0.6 is 11.8 Å². The third-order valence-electron chi connectivity index (χ3n) is 8.23. The Morgan fingerprint density at radius 3 is 2.43 bits per heavy atom. The molecule has 4 atom stereocenters. The van der Waals surface area contributed by atoms with Gasteiger partial charge < -0.3 is 19.5 Å². The molecule has 1 heterocycles. The molecular weight excluding hydrogens is 482 g/mol. The van der Waals surface area contributed by atoms with Crippen LogP contribution < -0.4 is 0 Å². The Morgan fingerprint density at radius 1 is 1.14 bits per heavy atom. The van der Waals surface area contributed by atoms with Crippen LogP contribution in [0.5, 0.6) is 0 Å². The quantitative estimate of drug-likeness (QED) is 0.408. The zero-order valence-electron chi connectivity index (χ0n) is 23.2. The van der Waals surface area contributed by atoms with E-state index in [0.29, 0.717) is 19.1 Å². The molecule has 1 N–H and O–H groups in total. The number of aliphatic hydroxyl groups excluding tert-OH is 1. The van der Waals surface area contributed by atoms with Gasteiger partial charge in [-0.3, -0.25) is 4.79 Å². The Balaban J connectivity index is 1.54. The van der Waals surface area contributed by atoms with Crippen LogP contribution in [0.1, 0.15) is 75.2 Å². The molecule has 5 nitrogen and oxygen atoms in total. The zero-order chi connectivity index (χ0) is 26.8. The Labute approximate surface area is 226 Å². The number of aliphatic hydroxyl groups is 1. The predicted molar refractivity (Wildman–Crippen MR) is 150 cm³/mol. The predicted octanol–water partition coefficient (Wildman–Crippen LogP) is 6.34.